The van der Waals surface area contributed by atoms with Crippen molar-refractivity contribution in [2.45, 2.75) is 44.9 Å². The van der Waals surface area contributed by atoms with Gasteiger partial charge in [-0.05, 0) is 42.0 Å². The zero-order valence-corrected chi connectivity index (χ0v) is 21.6. The first-order valence-electron chi connectivity index (χ1n) is 12.4. The molecule has 1 fully saturated rings. The van der Waals surface area contributed by atoms with E-state index in [1.165, 1.54) is 19.2 Å². The average Bonchev–Trinajstić information content (AvgIpc) is 3.57. The number of amides is 2. The Hall–Kier alpha value is -4.09. The summed E-state index contributed by atoms with van der Waals surface area (Å²) in [7, 11) is 1.23. The van der Waals surface area contributed by atoms with E-state index in [2.05, 4.69) is 20.0 Å². The molecule has 0 unspecified atom stereocenters. The summed E-state index contributed by atoms with van der Waals surface area (Å²) in [6.07, 6.45) is -2.32. The van der Waals surface area contributed by atoms with Crippen molar-refractivity contribution < 1.29 is 31.9 Å². The molecule has 0 radical (unpaired) electrons. The molecule has 4 rings (SSSR count). The molecule has 39 heavy (non-hydrogen) atoms. The van der Waals surface area contributed by atoms with Crippen LogP contribution < -0.4 is 11.1 Å². The molecule has 4 N–H and O–H groups in total. The van der Waals surface area contributed by atoms with E-state index in [1.807, 2.05) is 13.8 Å². The van der Waals surface area contributed by atoms with Gasteiger partial charge in [-0.1, -0.05) is 38.1 Å². The minimum atomic E-state index is -4.71. The molecule has 2 aromatic carbocycles. The number of aromatic nitrogens is 2. The Morgan fingerprint density at radius 1 is 1.18 bits per heavy atom. The van der Waals surface area contributed by atoms with Gasteiger partial charge >= 0.3 is 12.3 Å². The number of rotatable bonds is 6. The zero-order valence-electron chi connectivity index (χ0n) is 21.6. The summed E-state index contributed by atoms with van der Waals surface area (Å²) in [4.78, 5) is 34.5. The monoisotopic (exact) mass is 547 g/mol. The number of nitrogen functional groups attached to an aromatic ring is 1. The van der Waals surface area contributed by atoms with E-state index in [4.69, 9.17) is 5.73 Å². The molecular weight excluding hydrogens is 518 g/mol. The van der Waals surface area contributed by atoms with Gasteiger partial charge in [-0.15, -0.1) is 0 Å². The first-order chi connectivity index (χ1) is 18.4. The normalized spacial score (nSPS) is 16.4. The lowest BCUT2D eigenvalue weighted by Gasteiger charge is -2.29. The van der Waals surface area contributed by atoms with Gasteiger partial charge in [-0.3, -0.25) is 4.79 Å². The highest BCUT2D eigenvalue weighted by atomic mass is 19.4. The van der Waals surface area contributed by atoms with E-state index in [1.54, 1.807) is 23.2 Å². The smallest absolute Gasteiger partial charge is 0.417 e. The number of H-pyrrole nitrogens is 1. The maximum absolute atomic E-state index is 14.0. The predicted molar refractivity (Wildman–Crippen MR) is 137 cm³/mol. The lowest BCUT2D eigenvalue weighted by molar-refractivity contribution is -0.137. The fourth-order valence-electron chi connectivity index (χ4n) is 4.73. The largest absolute Gasteiger partial charge is 0.453 e. The molecule has 0 saturated carbocycles. The quantitative estimate of drug-likeness (QED) is 0.278. The standard InChI is InChI=1S/C27H29F4N5O3/c1-14(2)23(35-26(38)39-3)25(37)36-10-4-5-22(36)24-33-13-21(34-24)16-8-6-15(7-9-16)17-11-19(28)20(32)12-18(17)27(29,30)31/h6-9,11-14,22-23H,4-5,10,32H2,1-3H3,(H,33,34)(H,35,38)/t22-,23-/m0/s1. The van der Waals surface area contributed by atoms with Crippen LogP contribution in [0.4, 0.5) is 28.0 Å². The summed E-state index contributed by atoms with van der Waals surface area (Å²) in [6, 6.07) is 6.38. The molecule has 3 aromatic rings. The summed E-state index contributed by atoms with van der Waals surface area (Å²) >= 11 is 0. The molecule has 8 nitrogen and oxygen atoms in total. The van der Waals surface area contributed by atoms with Crippen LogP contribution in [0.25, 0.3) is 22.4 Å². The van der Waals surface area contributed by atoms with Crippen molar-refractivity contribution in [2.24, 2.45) is 5.92 Å². The van der Waals surface area contributed by atoms with Crippen LogP contribution in [0.15, 0.2) is 42.6 Å². The highest BCUT2D eigenvalue weighted by molar-refractivity contribution is 5.86. The van der Waals surface area contributed by atoms with E-state index in [9.17, 15) is 27.2 Å². The van der Waals surface area contributed by atoms with Crippen molar-refractivity contribution in [3.8, 4) is 22.4 Å². The minimum absolute atomic E-state index is 0.170. The number of carbonyl (C=O) groups excluding carboxylic acids is 2. The Bertz CT molecular complexity index is 1350. The van der Waals surface area contributed by atoms with E-state index < -0.39 is 35.4 Å². The first kappa shape index (κ1) is 27.9. The fraction of sp³-hybridized carbons (Fsp3) is 0.370. The van der Waals surface area contributed by atoms with Crippen LogP contribution in [-0.2, 0) is 15.7 Å². The summed E-state index contributed by atoms with van der Waals surface area (Å²) in [5.74, 6) is -0.788. The number of ether oxygens (including phenoxy) is 1. The average molecular weight is 548 g/mol. The van der Waals surface area contributed by atoms with Crippen molar-refractivity contribution in [2.75, 3.05) is 19.4 Å². The molecule has 12 heteroatoms. The molecule has 0 spiro atoms. The van der Waals surface area contributed by atoms with Crippen molar-refractivity contribution in [3.63, 3.8) is 0 Å². The number of halogens is 4. The number of nitrogens with zero attached hydrogens (tertiary/aromatic N) is 2. The molecule has 2 amide bonds. The number of methoxy groups -OCH3 is 1. The lowest BCUT2D eigenvalue weighted by atomic mass is 9.97. The Balaban J connectivity index is 1.57. The number of aromatic amines is 1. The predicted octanol–water partition coefficient (Wildman–Crippen LogP) is 5.53. The number of benzene rings is 2. The summed E-state index contributed by atoms with van der Waals surface area (Å²) in [6.45, 7) is 4.16. The molecule has 0 bridgehead atoms. The lowest BCUT2D eigenvalue weighted by Crippen LogP contribution is -2.51. The number of anilines is 1. The van der Waals surface area contributed by atoms with Gasteiger partial charge in [0.1, 0.15) is 17.7 Å². The number of nitrogens with two attached hydrogens (primary N) is 1. The van der Waals surface area contributed by atoms with Gasteiger partial charge < -0.3 is 25.7 Å². The molecule has 2 heterocycles. The maximum atomic E-state index is 14.0. The van der Waals surface area contributed by atoms with Gasteiger partial charge in [0.05, 0.1) is 30.1 Å². The molecular formula is C27H29F4N5O3. The van der Waals surface area contributed by atoms with Gasteiger partial charge in [0, 0.05) is 18.3 Å². The number of likely N-dealkylation sites (tertiary alicyclic amines) is 1. The molecule has 1 aromatic heterocycles. The number of hydrogen-bond acceptors (Lipinski definition) is 5. The van der Waals surface area contributed by atoms with E-state index in [0.717, 1.165) is 12.5 Å². The first-order valence-corrected chi connectivity index (χ1v) is 12.4. The second kappa shape index (κ2) is 11.0. The highest BCUT2D eigenvalue weighted by Crippen LogP contribution is 2.40. The van der Waals surface area contributed by atoms with Crippen LogP contribution in [0.3, 0.4) is 0 Å². The second-order valence-electron chi connectivity index (χ2n) is 9.71. The number of imidazole rings is 1. The topological polar surface area (TPSA) is 113 Å². The highest BCUT2D eigenvalue weighted by Gasteiger charge is 2.38. The minimum Gasteiger partial charge on any atom is -0.453 e. The van der Waals surface area contributed by atoms with E-state index in [-0.39, 0.29) is 29.0 Å². The van der Waals surface area contributed by atoms with Crippen LogP contribution in [0.2, 0.25) is 0 Å². The summed E-state index contributed by atoms with van der Waals surface area (Å²) in [5.41, 5.74) is 4.78. The van der Waals surface area contributed by atoms with Crippen LogP contribution >= 0.6 is 0 Å². The van der Waals surface area contributed by atoms with Gasteiger partial charge in [0.15, 0.2) is 0 Å². The van der Waals surface area contributed by atoms with E-state index >= 15 is 0 Å². The van der Waals surface area contributed by atoms with Crippen LogP contribution in [0.5, 0.6) is 0 Å². The van der Waals surface area contributed by atoms with Crippen molar-refractivity contribution >= 4 is 17.7 Å². The van der Waals surface area contributed by atoms with E-state index in [0.29, 0.717) is 36.1 Å². The van der Waals surface area contributed by atoms with Crippen molar-refractivity contribution in [1.82, 2.24) is 20.2 Å². The molecule has 1 saturated heterocycles. The summed E-state index contributed by atoms with van der Waals surface area (Å²) < 4.78 is 59.4. The third-order valence-corrected chi connectivity index (χ3v) is 6.77. The number of nitrogens with one attached hydrogen (secondary N) is 2. The number of carbonyl (C=O) groups is 2. The molecule has 1 aliphatic rings. The zero-order chi connectivity index (χ0) is 28.5. The SMILES string of the molecule is COC(=O)N[C@H](C(=O)N1CCC[C@H]1c1nc(-c2ccc(-c3cc(F)c(N)cc3C(F)(F)F)cc2)c[nH]1)C(C)C. The Kier molecular flexibility index (Phi) is 7.84. The van der Waals surface area contributed by atoms with Crippen LogP contribution in [-0.4, -0.2) is 46.6 Å². The van der Waals surface area contributed by atoms with Gasteiger partial charge in [-0.25, -0.2) is 14.2 Å². The summed E-state index contributed by atoms with van der Waals surface area (Å²) in [5, 5.41) is 2.60. The Labute approximate surface area is 222 Å². The maximum Gasteiger partial charge on any atom is 0.417 e. The van der Waals surface area contributed by atoms with Crippen molar-refractivity contribution in [3.05, 3.63) is 59.8 Å². The third-order valence-electron chi connectivity index (χ3n) is 6.77. The number of alkyl carbamates (subject to hydrolysis) is 1. The molecule has 208 valence electrons. The Morgan fingerprint density at radius 3 is 2.46 bits per heavy atom. The third kappa shape index (κ3) is 5.84. The van der Waals surface area contributed by atoms with Crippen LogP contribution in [0, 0.1) is 11.7 Å². The Morgan fingerprint density at radius 2 is 1.85 bits per heavy atom. The van der Waals surface area contributed by atoms with Crippen LogP contribution in [0.1, 0.15) is 44.1 Å². The molecule has 1 aliphatic heterocycles. The van der Waals surface area contributed by atoms with Gasteiger partial charge in [0.25, 0.3) is 0 Å². The molecule has 0 aliphatic carbocycles. The fourth-order valence-corrected chi connectivity index (χ4v) is 4.73. The second-order valence-corrected chi connectivity index (χ2v) is 9.71. The number of alkyl halides is 3. The van der Waals surface area contributed by atoms with Crippen molar-refractivity contribution in [1.29, 1.82) is 0 Å². The molecule has 2 atom stereocenters. The van der Waals surface area contributed by atoms with Gasteiger partial charge in [-0.2, -0.15) is 13.2 Å². The number of hydrogen-bond donors (Lipinski definition) is 3. The van der Waals surface area contributed by atoms with Gasteiger partial charge in [0.2, 0.25) is 5.91 Å².